The van der Waals surface area contributed by atoms with E-state index in [-0.39, 0.29) is 29.7 Å². The second-order valence-corrected chi connectivity index (χ2v) is 8.38. The third-order valence-electron chi connectivity index (χ3n) is 5.94. The van der Waals surface area contributed by atoms with Crippen molar-refractivity contribution in [2.24, 2.45) is 5.92 Å². The van der Waals surface area contributed by atoms with Crippen LogP contribution in [0, 0.1) is 17.6 Å². The van der Waals surface area contributed by atoms with Crippen molar-refractivity contribution in [1.29, 1.82) is 0 Å². The van der Waals surface area contributed by atoms with Crippen molar-refractivity contribution in [3.8, 4) is 0 Å². The molecule has 1 nitrogen and oxygen atoms in total. The minimum absolute atomic E-state index is 0.129. The van der Waals surface area contributed by atoms with Gasteiger partial charge in [-0.05, 0) is 61.7 Å². The number of ether oxygens (including phenoxy) is 1. The van der Waals surface area contributed by atoms with Gasteiger partial charge < -0.3 is 4.74 Å². The number of rotatable bonds is 12. The molecule has 0 aromatic heterocycles. The van der Waals surface area contributed by atoms with Crippen LogP contribution in [0.25, 0.3) is 5.57 Å². The summed E-state index contributed by atoms with van der Waals surface area (Å²) in [5.41, 5.74) is 1.82. The van der Waals surface area contributed by atoms with E-state index in [1.807, 2.05) is 12.2 Å². The average Bonchev–Trinajstić information content (AvgIpc) is 2.86. The van der Waals surface area contributed by atoms with Crippen LogP contribution in [0.3, 0.4) is 0 Å². The molecule has 1 aliphatic carbocycles. The summed E-state index contributed by atoms with van der Waals surface area (Å²) in [6.07, 6.45) is 9.74. The number of hydrogen-bond acceptors (Lipinski definition) is 1. The highest BCUT2D eigenvalue weighted by molar-refractivity contribution is 5.67. The maximum absolute atomic E-state index is 14.8. The summed E-state index contributed by atoms with van der Waals surface area (Å²) in [6, 6.07) is 3.22. The average molecular weight is 485 g/mol. The molecule has 1 aromatic carbocycles. The zero-order valence-electron chi connectivity index (χ0n) is 20.2. The molecule has 5 heteroatoms. The predicted molar refractivity (Wildman–Crippen MR) is 137 cm³/mol. The topological polar surface area (TPSA) is 9.23 Å². The summed E-state index contributed by atoms with van der Waals surface area (Å²) in [5.74, 6) is -4.20. The SMILES string of the molecule is C=CC1CC=C(c2ccc(CCC(=C)/C=C\C(=C)C(=C)/C(F)=C(/F)C(=C)OCC)c(F)c2F)CC1. The van der Waals surface area contributed by atoms with E-state index in [1.54, 1.807) is 25.1 Å². The van der Waals surface area contributed by atoms with Crippen LogP contribution >= 0.6 is 0 Å². The molecule has 0 aliphatic heterocycles. The van der Waals surface area contributed by atoms with Crippen molar-refractivity contribution in [1.82, 2.24) is 0 Å². The lowest BCUT2D eigenvalue weighted by Gasteiger charge is -2.20. The molecule has 0 bridgehead atoms. The van der Waals surface area contributed by atoms with Gasteiger partial charge in [0.05, 0.1) is 6.61 Å². The van der Waals surface area contributed by atoms with Crippen molar-refractivity contribution in [2.45, 2.75) is 39.0 Å². The molecule has 0 radical (unpaired) electrons. The van der Waals surface area contributed by atoms with Gasteiger partial charge >= 0.3 is 0 Å². The first kappa shape index (κ1) is 27.9. The molecule has 1 unspecified atom stereocenters. The predicted octanol–water partition coefficient (Wildman–Crippen LogP) is 9.19. The van der Waals surface area contributed by atoms with E-state index in [9.17, 15) is 17.6 Å². The smallest absolute Gasteiger partial charge is 0.200 e. The van der Waals surface area contributed by atoms with Crippen LogP contribution in [0.4, 0.5) is 17.6 Å². The Hall–Kier alpha value is -3.34. The third-order valence-corrected chi connectivity index (χ3v) is 5.94. The van der Waals surface area contributed by atoms with Crippen molar-refractivity contribution in [3.05, 3.63) is 126 Å². The van der Waals surface area contributed by atoms with Crippen molar-refractivity contribution >= 4 is 5.57 Å². The second-order valence-electron chi connectivity index (χ2n) is 8.38. The van der Waals surface area contributed by atoms with Gasteiger partial charge in [0.2, 0.25) is 5.83 Å². The maximum atomic E-state index is 14.8. The molecule has 0 spiro atoms. The Morgan fingerprint density at radius 2 is 1.77 bits per heavy atom. The molecule has 0 saturated carbocycles. The van der Waals surface area contributed by atoms with E-state index >= 15 is 0 Å². The molecule has 1 atom stereocenters. The highest BCUT2D eigenvalue weighted by Crippen LogP contribution is 2.33. The van der Waals surface area contributed by atoms with Crippen LogP contribution in [0.5, 0.6) is 0 Å². The highest BCUT2D eigenvalue weighted by atomic mass is 19.2. The first-order chi connectivity index (χ1) is 16.6. The molecular formula is C30H32F4O. The standard InChI is InChI=1S/C30H32F4O/c1-7-23-12-15-24(16-13-23)26-18-17-25(29(33)30(26)34)14-10-19(3)9-11-20(4)21(5)27(31)28(32)22(6)35-8-2/h7,9,11,15,17-18,23H,1,3-6,8,10,12-14,16H2,2H3/b11-9-,28-27-. The molecule has 1 aliphatic rings. The van der Waals surface area contributed by atoms with E-state index in [0.717, 1.165) is 18.4 Å². The lowest BCUT2D eigenvalue weighted by molar-refractivity contribution is 0.224. The monoisotopic (exact) mass is 484 g/mol. The Morgan fingerprint density at radius 1 is 1.06 bits per heavy atom. The molecule has 186 valence electrons. The van der Waals surface area contributed by atoms with Gasteiger partial charge in [-0.15, -0.1) is 6.58 Å². The zero-order chi connectivity index (χ0) is 26.1. The van der Waals surface area contributed by atoms with Gasteiger partial charge in [0.15, 0.2) is 23.2 Å². The molecule has 0 heterocycles. The maximum Gasteiger partial charge on any atom is 0.200 e. The van der Waals surface area contributed by atoms with Gasteiger partial charge in [-0.2, -0.15) is 4.39 Å². The van der Waals surface area contributed by atoms with Crippen LogP contribution < -0.4 is 0 Å². The van der Waals surface area contributed by atoms with Crippen LogP contribution in [0.15, 0.2) is 103 Å². The fourth-order valence-electron chi connectivity index (χ4n) is 3.67. The largest absolute Gasteiger partial charge is 0.491 e. The fraction of sp³-hybridized carbons (Fsp3) is 0.267. The summed E-state index contributed by atoms with van der Waals surface area (Å²) in [5, 5.41) is 0. The second kappa shape index (κ2) is 12.9. The van der Waals surface area contributed by atoms with Gasteiger partial charge in [-0.25, -0.2) is 13.2 Å². The normalized spacial score (nSPS) is 16.4. The van der Waals surface area contributed by atoms with Crippen molar-refractivity contribution in [3.63, 3.8) is 0 Å². The fourth-order valence-corrected chi connectivity index (χ4v) is 3.67. The Balaban J connectivity index is 2.00. The molecule has 0 saturated heterocycles. The van der Waals surface area contributed by atoms with E-state index in [1.165, 1.54) is 6.08 Å². The van der Waals surface area contributed by atoms with E-state index < -0.39 is 29.0 Å². The summed E-state index contributed by atoms with van der Waals surface area (Å²) in [7, 11) is 0. The summed E-state index contributed by atoms with van der Waals surface area (Å²) in [6.45, 7) is 20.0. The number of aryl methyl sites for hydroxylation is 1. The number of benzene rings is 1. The minimum Gasteiger partial charge on any atom is -0.491 e. The summed E-state index contributed by atoms with van der Waals surface area (Å²) >= 11 is 0. The summed E-state index contributed by atoms with van der Waals surface area (Å²) < 4.78 is 62.6. The Labute approximate surface area is 205 Å². The van der Waals surface area contributed by atoms with E-state index in [2.05, 4.69) is 32.9 Å². The van der Waals surface area contributed by atoms with Gasteiger partial charge in [0, 0.05) is 11.1 Å². The van der Waals surface area contributed by atoms with Gasteiger partial charge in [-0.3, -0.25) is 0 Å². The zero-order valence-corrected chi connectivity index (χ0v) is 20.2. The quantitative estimate of drug-likeness (QED) is 0.124. The van der Waals surface area contributed by atoms with Crippen LogP contribution in [0.2, 0.25) is 0 Å². The minimum atomic E-state index is -1.24. The number of allylic oxidation sites excluding steroid dienone is 10. The van der Waals surface area contributed by atoms with Crippen LogP contribution in [-0.2, 0) is 11.2 Å². The van der Waals surface area contributed by atoms with Gasteiger partial charge in [0.1, 0.15) is 0 Å². The van der Waals surface area contributed by atoms with Crippen molar-refractivity contribution in [2.75, 3.05) is 6.61 Å². The molecule has 1 aromatic rings. The first-order valence-corrected chi connectivity index (χ1v) is 11.5. The summed E-state index contributed by atoms with van der Waals surface area (Å²) in [4.78, 5) is 0. The van der Waals surface area contributed by atoms with Gasteiger partial charge in [-0.1, -0.05) is 68.3 Å². The molecular weight excluding hydrogens is 452 g/mol. The molecule has 0 fully saturated rings. The third kappa shape index (κ3) is 7.32. The first-order valence-electron chi connectivity index (χ1n) is 11.5. The molecule has 0 amide bonds. The lowest BCUT2D eigenvalue weighted by atomic mass is 9.86. The molecule has 2 rings (SSSR count). The Morgan fingerprint density at radius 3 is 2.37 bits per heavy atom. The van der Waals surface area contributed by atoms with Crippen molar-refractivity contribution < 1.29 is 22.3 Å². The lowest BCUT2D eigenvalue weighted by Crippen LogP contribution is -2.05. The number of hydrogen-bond donors (Lipinski definition) is 0. The molecule has 0 N–H and O–H groups in total. The van der Waals surface area contributed by atoms with Crippen LogP contribution in [0.1, 0.15) is 43.7 Å². The Kier molecular flexibility index (Phi) is 10.3. The van der Waals surface area contributed by atoms with E-state index in [0.29, 0.717) is 29.9 Å². The van der Waals surface area contributed by atoms with Gasteiger partial charge in [0.25, 0.3) is 0 Å². The Bertz CT molecular complexity index is 1120. The molecule has 35 heavy (non-hydrogen) atoms. The number of halogens is 4. The highest BCUT2D eigenvalue weighted by Gasteiger charge is 2.19. The van der Waals surface area contributed by atoms with Crippen LogP contribution in [-0.4, -0.2) is 6.61 Å². The van der Waals surface area contributed by atoms with E-state index in [4.69, 9.17) is 4.74 Å².